The number of rotatable bonds is 20. The fourth-order valence-electron chi connectivity index (χ4n) is 3.13. The molecule has 0 bridgehead atoms. The van der Waals surface area contributed by atoms with E-state index in [1.54, 1.807) is 25.4 Å². The predicted octanol–water partition coefficient (Wildman–Crippen LogP) is 13.0. The Labute approximate surface area is 245 Å². The Morgan fingerprint density at radius 1 is 0.382 bits per heavy atom. The van der Waals surface area contributed by atoms with Crippen LogP contribution in [0.15, 0.2) is 25.4 Å². The summed E-state index contributed by atoms with van der Waals surface area (Å²) in [5.41, 5.74) is 0. The molecule has 34 heavy (non-hydrogen) atoms. The first kappa shape index (κ1) is 32.2. The van der Waals surface area contributed by atoms with E-state index in [2.05, 4.69) is 122 Å². The lowest BCUT2D eigenvalue weighted by Crippen LogP contribution is -1.82. The smallest absolute Gasteiger partial charge is 0.0717 e. The summed E-state index contributed by atoms with van der Waals surface area (Å²) in [6, 6.07) is 0. The third-order valence-corrected chi connectivity index (χ3v) is 17.1. The van der Waals surface area contributed by atoms with E-state index in [4.69, 9.17) is 0 Å². The van der Waals surface area contributed by atoms with Gasteiger partial charge in [-0.25, -0.2) is 0 Å². The molecule has 0 saturated heterocycles. The summed E-state index contributed by atoms with van der Waals surface area (Å²) in [6.45, 7) is 9.22. The van der Waals surface area contributed by atoms with E-state index < -0.39 is 0 Å². The van der Waals surface area contributed by atoms with Gasteiger partial charge in [-0.2, -0.15) is 0 Å². The van der Waals surface area contributed by atoms with Crippen LogP contribution in [0.1, 0.15) is 105 Å². The van der Waals surface area contributed by atoms with E-state index in [0.29, 0.717) is 0 Å². The second kappa shape index (κ2) is 20.9. The molecule has 0 aromatic heterocycles. The highest BCUT2D eigenvalue weighted by Crippen LogP contribution is 2.66. The minimum atomic E-state index is 1.27. The first-order valence-electron chi connectivity index (χ1n) is 13.2. The summed E-state index contributed by atoms with van der Waals surface area (Å²) in [5.74, 6) is 5.09. The number of unbranched alkanes of at least 4 members (excludes halogenated alkanes) is 8. The quantitative estimate of drug-likeness (QED) is 0.123. The zero-order chi connectivity index (χ0) is 24.4. The molecule has 0 nitrogen and oxygen atoms in total. The van der Waals surface area contributed by atoms with Gasteiger partial charge in [-0.1, -0.05) is 126 Å². The minimum Gasteiger partial charge on any atom is -0.117 e. The summed E-state index contributed by atoms with van der Waals surface area (Å²) < 4.78 is 9.48. The van der Waals surface area contributed by atoms with Gasteiger partial charge >= 0.3 is 0 Å². The van der Waals surface area contributed by atoms with Gasteiger partial charge in [0, 0.05) is 0 Å². The van der Waals surface area contributed by atoms with E-state index in [9.17, 15) is 0 Å². The van der Waals surface area contributed by atoms with E-state index in [-0.39, 0.29) is 0 Å². The molecule has 0 unspecified atom stereocenters. The molecule has 0 saturated carbocycles. The van der Waals surface area contributed by atoms with Gasteiger partial charge in [-0.15, -0.1) is 47.0 Å². The molecule has 0 aliphatic carbocycles. The third-order valence-electron chi connectivity index (χ3n) is 5.17. The number of hydrogen-bond acceptors (Lipinski definition) is 8. The Morgan fingerprint density at radius 2 is 0.618 bits per heavy atom. The molecule has 2 heterocycles. The number of hydrogen-bond donors (Lipinski definition) is 0. The Kier molecular flexibility index (Phi) is 19.8. The maximum absolute atomic E-state index is 2.30. The van der Waals surface area contributed by atoms with Crippen molar-refractivity contribution < 1.29 is 0 Å². The maximum atomic E-state index is 2.30. The summed E-state index contributed by atoms with van der Waals surface area (Å²) in [4.78, 5) is 0. The van der Waals surface area contributed by atoms with E-state index >= 15 is 0 Å². The topological polar surface area (TPSA) is 0 Å². The van der Waals surface area contributed by atoms with Crippen molar-refractivity contribution in [3.05, 3.63) is 25.4 Å². The second-order valence-electron chi connectivity index (χ2n) is 8.36. The van der Waals surface area contributed by atoms with Crippen LogP contribution in [0.5, 0.6) is 0 Å². The van der Waals surface area contributed by atoms with Crippen LogP contribution in [0.4, 0.5) is 0 Å². The molecule has 2 rings (SSSR count). The van der Waals surface area contributed by atoms with Crippen molar-refractivity contribution in [2.45, 2.75) is 105 Å². The molecular formula is C26H44S8. The average molecular weight is 613 g/mol. The lowest BCUT2D eigenvalue weighted by Gasteiger charge is -2.04. The predicted molar refractivity (Wildman–Crippen MR) is 179 cm³/mol. The van der Waals surface area contributed by atoms with Crippen molar-refractivity contribution in [2.75, 3.05) is 23.0 Å². The first-order valence-corrected chi connectivity index (χ1v) is 20.4. The van der Waals surface area contributed by atoms with Gasteiger partial charge < -0.3 is 0 Å². The van der Waals surface area contributed by atoms with Crippen molar-refractivity contribution in [3.8, 4) is 0 Å². The minimum absolute atomic E-state index is 1.27. The SMILES string of the molecule is CCCCCSC1=C(SCCCCC)SC(=C2SC(SCCCCC)=C(SCCCCC)S2)S1. The van der Waals surface area contributed by atoms with Crippen molar-refractivity contribution in [1.82, 2.24) is 0 Å². The van der Waals surface area contributed by atoms with Crippen molar-refractivity contribution in [2.24, 2.45) is 0 Å². The molecule has 0 amide bonds. The Morgan fingerprint density at radius 3 is 0.824 bits per heavy atom. The van der Waals surface area contributed by atoms with Gasteiger partial charge in [0.05, 0.1) is 25.4 Å². The molecule has 0 aromatic carbocycles. The van der Waals surface area contributed by atoms with Crippen LogP contribution in [0.3, 0.4) is 0 Å². The summed E-state index contributed by atoms with van der Waals surface area (Å²) in [7, 11) is 0. The highest BCUT2D eigenvalue weighted by atomic mass is 32.3. The van der Waals surface area contributed by atoms with E-state index in [1.807, 2.05) is 0 Å². The van der Waals surface area contributed by atoms with E-state index in [0.717, 1.165) is 0 Å². The van der Waals surface area contributed by atoms with Crippen LogP contribution in [0.2, 0.25) is 0 Å². The lowest BCUT2D eigenvalue weighted by molar-refractivity contribution is 0.779. The highest BCUT2D eigenvalue weighted by Gasteiger charge is 2.30. The van der Waals surface area contributed by atoms with Gasteiger partial charge in [-0.3, -0.25) is 0 Å². The molecule has 0 fully saturated rings. The van der Waals surface area contributed by atoms with Crippen LogP contribution in [0.25, 0.3) is 0 Å². The van der Waals surface area contributed by atoms with Crippen molar-refractivity contribution >= 4 is 94.1 Å². The van der Waals surface area contributed by atoms with Crippen LogP contribution in [-0.2, 0) is 0 Å². The number of thioether (sulfide) groups is 8. The molecule has 0 atom stereocenters. The van der Waals surface area contributed by atoms with Crippen LogP contribution in [-0.4, -0.2) is 23.0 Å². The summed E-state index contributed by atoms with van der Waals surface area (Å²) in [6.07, 6.45) is 16.1. The molecule has 0 spiro atoms. The van der Waals surface area contributed by atoms with Gasteiger partial charge in [0.2, 0.25) is 0 Å². The molecule has 0 N–H and O–H groups in total. The highest BCUT2D eigenvalue weighted by molar-refractivity contribution is 8.45. The van der Waals surface area contributed by atoms with Gasteiger partial charge in [-0.05, 0) is 48.7 Å². The molecule has 2 aliphatic rings. The van der Waals surface area contributed by atoms with Crippen molar-refractivity contribution in [3.63, 3.8) is 0 Å². The third kappa shape index (κ3) is 12.7. The average Bonchev–Trinajstić information content (AvgIpc) is 3.44. The lowest BCUT2D eigenvalue weighted by atomic mass is 10.3. The van der Waals surface area contributed by atoms with Gasteiger partial charge in [0.1, 0.15) is 0 Å². The van der Waals surface area contributed by atoms with Crippen LogP contribution in [0, 0.1) is 0 Å². The largest absolute Gasteiger partial charge is 0.117 e. The summed E-state index contributed by atoms with van der Waals surface area (Å²) in [5, 5.41) is 0. The van der Waals surface area contributed by atoms with Crippen molar-refractivity contribution in [1.29, 1.82) is 0 Å². The monoisotopic (exact) mass is 612 g/mol. The fourth-order valence-corrected chi connectivity index (χ4v) is 15.4. The standard InChI is InChI=1S/C26H44S8/c1-5-9-13-17-27-21-22(28-18-14-10-6-2)32-25(31-21)26-33-23(29-19-15-11-7-3)24(34-26)30-20-16-12-8-4/h5-20H2,1-4H3. The van der Waals surface area contributed by atoms with Gasteiger partial charge in [0.25, 0.3) is 0 Å². The fraction of sp³-hybridized carbons (Fsp3) is 0.769. The first-order chi connectivity index (χ1) is 16.7. The molecule has 8 heteroatoms. The molecular weight excluding hydrogens is 569 g/mol. The summed E-state index contributed by atoms with van der Waals surface area (Å²) >= 11 is 16.8. The van der Waals surface area contributed by atoms with Crippen LogP contribution < -0.4 is 0 Å². The van der Waals surface area contributed by atoms with Gasteiger partial charge in [0.15, 0.2) is 0 Å². The van der Waals surface area contributed by atoms with Crippen LogP contribution >= 0.6 is 94.1 Å². The Hall–Kier alpha value is 2.02. The molecule has 0 aromatic rings. The zero-order valence-electron chi connectivity index (χ0n) is 21.6. The second-order valence-corrected chi connectivity index (χ2v) is 18.4. The Bertz CT molecular complexity index is 560. The van der Waals surface area contributed by atoms with E-state index in [1.165, 1.54) is 100 Å². The zero-order valence-corrected chi connectivity index (χ0v) is 28.1. The molecule has 2 aliphatic heterocycles. The molecule has 0 radical (unpaired) electrons. The normalized spacial score (nSPS) is 16.6. The maximum Gasteiger partial charge on any atom is 0.0717 e. The Balaban J connectivity index is 2.02. The molecule has 196 valence electrons.